The molecule has 96 valence electrons. The molecule has 0 bridgehead atoms. The first-order valence-corrected chi connectivity index (χ1v) is 6.17. The molecule has 1 unspecified atom stereocenters. The molecule has 0 amide bonds. The number of nitrogens with one attached hydrogen (secondary N) is 1. The lowest BCUT2D eigenvalue weighted by molar-refractivity contribution is 0.106. The molecule has 1 atom stereocenters. The Balaban J connectivity index is 1.88. The quantitative estimate of drug-likeness (QED) is 0.813. The molecule has 1 aromatic heterocycles. The molecule has 0 aliphatic heterocycles. The number of rotatable bonds is 5. The van der Waals surface area contributed by atoms with Gasteiger partial charge in [-0.15, -0.1) is 0 Å². The summed E-state index contributed by atoms with van der Waals surface area (Å²) in [7, 11) is 1.87. The highest BCUT2D eigenvalue weighted by Gasteiger charge is 2.09. The van der Waals surface area contributed by atoms with E-state index in [-0.39, 0.29) is 6.61 Å². The summed E-state index contributed by atoms with van der Waals surface area (Å²) < 4.78 is 7.99. The number of aromatic nitrogens is 2. The molecule has 0 aliphatic carbocycles. The third-order valence-electron chi connectivity index (χ3n) is 2.73. The van der Waals surface area contributed by atoms with Crippen molar-refractivity contribution in [3.63, 3.8) is 0 Å². The van der Waals surface area contributed by atoms with Crippen LogP contribution >= 0.6 is 12.2 Å². The van der Waals surface area contributed by atoms with E-state index in [9.17, 15) is 5.11 Å². The lowest BCUT2D eigenvalue weighted by atomic mass is 10.2. The van der Waals surface area contributed by atoms with Gasteiger partial charge in [0.15, 0.2) is 4.77 Å². The lowest BCUT2D eigenvalue weighted by Gasteiger charge is -2.12. The van der Waals surface area contributed by atoms with E-state index in [0.717, 1.165) is 11.4 Å². The van der Waals surface area contributed by atoms with Crippen LogP contribution in [-0.2, 0) is 13.5 Å². The number of aliphatic hydroxyl groups is 1. The van der Waals surface area contributed by atoms with Crippen LogP contribution < -0.4 is 4.74 Å². The Morgan fingerprint density at radius 3 is 2.72 bits per heavy atom. The van der Waals surface area contributed by atoms with E-state index in [1.54, 1.807) is 0 Å². The molecule has 1 heterocycles. The second-order valence-electron chi connectivity index (χ2n) is 4.13. The van der Waals surface area contributed by atoms with Gasteiger partial charge in [0.2, 0.25) is 0 Å². The maximum Gasteiger partial charge on any atom is 0.177 e. The van der Waals surface area contributed by atoms with Crippen molar-refractivity contribution in [1.82, 2.24) is 9.55 Å². The SMILES string of the molecule is Cn1c(CC(O)COc2ccccc2)c[nH]c1=S. The lowest BCUT2D eigenvalue weighted by Crippen LogP contribution is -2.21. The van der Waals surface area contributed by atoms with Crippen LogP contribution in [-0.4, -0.2) is 27.4 Å². The number of para-hydroxylation sites is 1. The third-order valence-corrected chi connectivity index (χ3v) is 3.12. The van der Waals surface area contributed by atoms with Gasteiger partial charge in [0, 0.05) is 25.4 Å². The van der Waals surface area contributed by atoms with Crippen molar-refractivity contribution in [1.29, 1.82) is 0 Å². The van der Waals surface area contributed by atoms with Gasteiger partial charge in [0.05, 0.1) is 6.10 Å². The maximum atomic E-state index is 9.91. The van der Waals surface area contributed by atoms with Gasteiger partial charge < -0.3 is 19.4 Å². The number of imidazole rings is 1. The van der Waals surface area contributed by atoms with Crippen molar-refractivity contribution in [2.24, 2.45) is 7.05 Å². The molecule has 0 aliphatic rings. The summed E-state index contributed by atoms with van der Waals surface area (Å²) in [5.74, 6) is 0.763. The minimum absolute atomic E-state index is 0.266. The molecule has 0 fully saturated rings. The van der Waals surface area contributed by atoms with Gasteiger partial charge in [-0.1, -0.05) is 18.2 Å². The molecule has 0 spiro atoms. The molecule has 2 aromatic rings. The van der Waals surface area contributed by atoms with E-state index in [0.29, 0.717) is 11.2 Å². The fourth-order valence-corrected chi connectivity index (χ4v) is 1.85. The average Bonchev–Trinajstić information content (AvgIpc) is 2.70. The third kappa shape index (κ3) is 3.21. The smallest absolute Gasteiger partial charge is 0.177 e. The number of benzene rings is 1. The Morgan fingerprint density at radius 1 is 1.39 bits per heavy atom. The van der Waals surface area contributed by atoms with Crippen molar-refractivity contribution in [3.8, 4) is 5.75 Å². The van der Waals surface area contributed by atoms with E-state index in [4.69, 9.17) is 17.0 Å². The van der Waals surface area contributed by atoms with Crippen LogP contribution in [0.25, 0.3) is 0 Å². The first-order chi connectivity index (χ1) is 8.66. The number of ether oxygens (including phenoxy) is 1. The topological polar surface area (TPSA) is 50.2 Å². The van der Waals surface area contributed by atoms with Gasteiger partial charge in [-0.2, -0.15) is 0 Å². The van der Waals surface area contributed by atoms with Crippen LogP contribution in [0.15, 0.2) is 36.5 Å². The fourth-order valence-electron chi connectivity index (χ4n) is 1.67. The molecule has 0 saturated heterocycles. The number of aromatic amines is 1. The van der Waals surface area contributed by atoms with Gasteiger partial charge >= 0.3 is 0 Å². The zero-order chi connectivity index (χ0) is 13.0. The first kappa shape index (κ1) is 12.9. The summed E-state index contributed by atoms with van der Waals surface area (Å²) in [5, 5.41) is 9.91. The Bertz CT molecular complexity index is 548. The Hall–Kier alpha value is -1.59. The molecular weight excluding hydrogens is 248 g/mol. The van der Waals surface area contributed by atoms with Crippen molar-refractivity contribution in [2.45, 2.75) is 12.5 Å². The Labute approximate surface area is 111 Å². The van der Waals surface area contributed by atoms with Gasteiger partial charge in [0.1, 0.15) is 12.4 Å². The van der Waals surface area contributed by atoms with Crippen LogP contribution in [0.4, 0.5) is 0 Å². The molecule has 5 heteroatoms. The molecule has 18 heavy (non-hydrogen) atoms. The summed E-state index contributed by atoms with van der Waals surface area (Å²) in [4.78, 5) is 2.94. The summed E-state index contributed by atoms with van der Waals surface area (Å²) in [6.45, 7) is 0.266. The highest BCUT2D eigenvalue weighted by molar-refractivity contribution is 7.71. The molecule has 2 N–H and O–H groups in total. The summed E-state index contributed by atoms with van der Waals surface area (Å²) in [6, 6.07) is 9.46. The van der Waals surface area contributed by atoms with Crippen molar-refractivity contribution in [2.75, 3.05) is 6.61 Å². The molecule has 2 rings (SSSR count). The fraction of sp³-hybridized carbons (Fsp3) is 0.308. The van der Waals surface area contributed by atoms with Crippen LogP contribution in [0.2, 0.25) is 0 Å². The summed E-state index contributed by atoms with van der Waals surface area (Å²) >= 11 is 5.06. The standard InChI is InChI=1S/C13H16N2O2S/c1-15-10(8-14-13(15)18)7-11(16)9-17-12-5-3-2-4-6-12/h2-6,8,11,16H,7,9H2,1H3,(H,14,18). The predicted molar refractivity (Wildman–Crippen MR) is 72.2 cm³/mol. The largest absolute Gasteiger partial charge is 0.491 e. The molecule has 1 aromatic carbocycles. The number of hydrogen-bond donors (Lipinski definition) is 2. The van der Waals surface area contributed by atoms with Crippen LogP contribution in [0.1, 0.15) is 5.69 Å². The van der Waals surface area contributed by atoms with Crippen molar-refractivity contribution < 1.29 is 9.84 Å². The van der Waals surface area contributed by atoms with Crippen LogP contribution in [0.5, 0.6) is 5.75 Å². The first-order valence-electron chi connectivity index (χ1n) is 5.76. The summed E-state index contributed by atoms with van der Waals surface area (Å²) in [6.07, 6.45) is 1.77. The minimum Gasteiger partial charge on any atom is -0.491 e. The molecule has 0 radical (unpaired) electrons. The second-order valence-corrected chi connectivity index (χ2v) is 4.51. The maximum absolute atomic E-state index is 9.91. The second kappa shape index (κ2) is 5.84. The van der Waals surface area contributed by atoms with E-state index < -0.39 is 6.10 Å². The number of nitrogens with zero attached hydrogens (tertiary/aromatic N) is 1. The predicted octanol–water partition coefficient (Wildman–Crippen LogP) is 2.07. The van der Waals surface area contributed by atoms with E-state index >= 15 is 0 Å². The summed E-state index contributed by atoms with van der Waals surface area (Å²) in [5.41, 5.74) is 0.962. The van der Waals surface area contributed by atoms with Crippen molar-refractivity contribution in [3.05, 3.63) is 47.0 Å². The highest BCUT2D eigenvalue weighted by atomic mass is 32.1. The van der Waals surface area contributed by atoms with E-state index in [1.807, 2.05) is 48.1 Å². The Morgan fingerprint density at radius 2 is 2.11 bits per heavy atom. The number of hydrogen-bond acceptors (Lipinski definition) is 3. The zero-order valence-electron chi connectivity index (χ0n) is 10.2. The van der Waals surface area contributed by atoms with Crippen molar-refractivity contribution >= 4 is 12.2 Å². The van der Waals surface area contributed by atoms with Crippen LogP contribution in [0.3, 0.4) is 0 Å². The number of aliphatic hydroxyl groups excluding tert-OH is 1. The van der Waals surface area contributed by atoms with E-state index in [2.05, 4.69) is 4.98 Å². The van der Waals surface area contributed by atoms with E-state index in [1.165, 1.54) is 0 Å². The van der Waals surface area contributed by atoms with Gasteiger partial charge in [-0.3, -0.25) is 0 Å². The normalized spacial score (nSPS) is 12.3. The van der Waals surface area contributed by atoms with Gasteiger partial charge in [-0.25, -0.2) is 0 Å². The van der Waals surface area contributed by atoms with Crippen LogP contribution in [0, 0.1) is 4.77 Å². The monoisotopic (exact) mass is 264 g/mol. The Kier molecular flexibility index (Phi) is 4.17. The minimum atomic E-state index is -0.554. The van der Waals surface area contributed by atoms with Gasteiger partial charge in [0.25, 0.3) is 0 Å². The molecule has 4 nitrogen and oxygen atoms in total. The highest BCUT2D eigenvalue weighted by Crippen LogP contribution is 2.10. The zero-order valence-corrected chi connectivity index (χ0v) is 11.0. The van der Waals surface area contributed by atoms with Gasteiger partial charge in [-0.05, 0) is 24.4 Å². The molecule has 0 saturated carbocycles. The molecular formula is C13H16N2O2S. The number of H-pyrrole nitrogens is 1. The average molecular weight is 264 g/mol.